The van der Waals surface area contributed by atoms with Gasteiger partial charge in [0.15, 0.2) is 0 Å². The van der Waals surface area contributed by atoms with Crippen LogP contribution in [0.3, 0.4) is 0 Å². The van der Waals surface area contributed by atoms with Gasteiger partial charge in [0.1, 0.15) is 0 Å². The van der Waals surface area contributed by atoms with Crippen LogP contribution in [0.15, 0.2) is 0 Å². The molecule has 104 valence electrons. The lowest BCUT2D eigenvalue weighted by Gasteiger charge is -2.47. The highest BCUT2D eigenvalue weighted by Crippen LogP contribution is 2.46. The van der Waals surface area contributed by atoms with E-state index in [9.17, 15) is 9.32 Å². The molecule has 1 aliphatic carbocycles. The topological polar surface area (TPSA) is 37.3 Å². The fourth-order valence-corrected chi connectivity index (χ4v) is 6.72. The first-order valence-corrected chi connectivity index (χ1v) is 9.08. The molecule has 0 aromatic heterocycles. The van der Waals surface area contributed by atoms with Crippen LogP contribution in [-0.2, 0) is 10.8 Å². The van der Waals surface area contributed by atoms with Gasteiger partial charge in [-0.15, -0.1) is 0 Å². The van der Waals surface area contributed by atoms with Crippen LogP contribution in [0.4, 0.5) is 0 Å². The predicted octanol–water partition coefficient (Wildman–Crippen LogP) is 3.15. The normalized spacial score (nSPS) is 46.6. The molecule has 2 heterocycles. The zero-order chi connectivity index (χ0) is 12.6. The number of aliphatic hydroxyl groups is 1. The molecule has 2 saturated heterocycles. The van der Waals surface area contributed by atoms with Gasteiger partial charge in [-0.3, -0.25) is 4.21 Å². The van der Waals surface area contributed by atoms with E-state index in [-0.39, 0.29) is 0 Å². The van der Waals surface area contributed by atoms with Crippen molar-refractivity contribution in [2.75, 3.05) is 0 Å². The molecule has 2 aliphatic heterocycles. The first-order valence-electron chi connectivity index (χ1n) is 7.81. The van der Waals surface area contributed by atoms with Crippen LogP contribution < -0.4 is 0 Å². The van der Waals surface area contributed by atoms with Crippen molar-refractivity contribution in [1.82, 2.24) is 0 Å². The molecule has 1 saturated carbocycles. The van der Waals surface area contributed by atoms with Crippen molar-refractivity contribution in [3.8, 4) is 0 Å². The van der Waals surface area contributed by atoms with Crippen molar-refractivity contribution in [3.63, 3.8) is 0 Å². The molecule has 2 atom stereocenters. The molecule has 3 rings (SSSR count). The van der Waals surface area contributed by atoms with Crippen LogP contribution >= 0.6 is 0 Å². The number of rotatable bonds is 1. The Morgan fingerprint density at radius 2 is 1.39 bits per heavy atom. The van der Waals surface area contributed by atoms with Gasteiger partial charge in [-0.1, -0.05) is 32.1 Å². The van der Waals surface area contributed by atoms with Crippen molar-refractivity contribution in [2.45, 2.75) is 86.7 Å². The Morgan fingerprint density at radius 1 is 0.833 bits per heavy atom. The van der Waals surface area contributed by atoms with Gasteiger partial charge < -0.3 is 5.11 Å². The van der Waals surface area contributed by atoms with Crippen molar-refractivity contribution in [1.29, 1.82) is 0 Å². The second-order valence-electron chi connectivity index (χ2n) is 6.70. The number of hydrogen-bond donors (Lipinski definition) is 1. The van der Waals surface area contributed by atoms with Gasteiger partial charge in [0.25, 0.3) is 0 Å². The van der Waals surface area contributed by atoms with Gasteiger partial charge in [-0.05, 0) is 44.4 Å². The molecule has 0 amide bonds. The third kappa shape index (κ3) is 2.40. The Labute approximate surface area is 113 Å². The van der Waals surface area contributed by atoms with Crippen molar-refractivity contribution in [3.05, 3.63) is 0 Å². The Balaban J connectivity index is 1.75. The fraction of sp³-hybridized carbons (Fsp3) is 1.00. The summed E-state index contributed by atoms with van der Waals surface area (Å²) in [6.07, 6.45) is 12.7. The molecule has 0 radical (unpaired) electrons. The summed E-state index contributed by atoms with van der Waals surface area (Å²) in [5.41, 5.74) is -0.478. The lowest BCUT2D eigenvalue weighted by molar-refractivity contribution is -0.0482. The lowest BCUT2D eigenvalue weighted by Crippen LogP contribution is -2.52. The molecule has 3 fully saturated rings. The van der Waals surface area contributed by atoms with Crippen LogP contribution in [0.5, 0.6) is 0 Å². The van der Waals surface area contributed by atoms with E-state index in [2.05, 4.69) is 0 Å². The van der Waals surface area contributed by atoms with Crippen molar-refractivity contribution >= 4 is 10.8 Å². The minimum atomic E-state index is -0.651. The Bertz CT molecular complexity index is 304. The predicted molar refractivity (Wildman–Crippen MR) is 74.9 cm³/mol. The van der Waals surface area contributed by atoms with Crippen LogP contribution in [-0.4, -0.2) is 25.4 Å². The monoisotopic (exact) mass is 270 g/mol. The number of hydrogen-bond acceptors (Lipinski definition) is 2. The minimum Gasteiger partial charge on any atom is -0.390 e. The SMILES string of the molecule is O=S1C2CCCC1CC(O)(C1CCCCCC1)C2. The third-order valence-corrected chi connectivity index (χ3v) is 7.61. The third-order valence-electron chi connectivity index (χ3n) is 5.49. The molecule has 3 heteroatoms. The van der Waals surface area contributed by atoms with Crippen LogP contribution in [0.2, 0.25) is 0 Å². The first-order chi connectivity index (χ1) is 8.69. The van der Waals surface area contributed by atoms with Crippen LogP contribution in [0, 0.1) is 5.92 Å². The molecule has 0 aromatic rings. The zero-order valence-electron chi connectivity index (χ0n) is 11.3. The van der Waals surface area contributed by atoms with E-state index in [1.807, 2.05) is 0 Å². The second kappa shape index (κ2) is 5.24. The molecule has 2 unspecified atom stereocenters. The highest BCUT2D eigenvalue weighted by molar-refractivity contribution is 7.86. The molecule has 18 heavy (non-hydrogen) atoms. The molecular weight excluding hydrogens is 244 g/mol. The van der Waals surface area contributed by atoms with E-state index in [4.69, 9.17) is 0 Å². The maximum absolute atomic E-state index is 12.2. The minimum absolute atomic E-state index is 0.297. The summed E-state index contributed by atoms with van der Waals surface area (Å²) in [7, 11) is -0.651. The van der Waals surface area contributed by atoms with Gasteiger partial charge in [0.2, 0.25) is 0 Å². The molecular formula is C15H26O2S. The van der Waals surface area contributed by atoms with Crippen molar-refractivity contribution in [2.24, 2.45) is 5.92 Å². The maximum Gasteiger partial charge on any atom is 0.0698 e. The highest BCUT2D eigenvalue weighted by atomic mass is 32.2. The molecule has 0 spiro atoms. The van der Waals surface area contributed by atoms with E-state index >= 15 is 0 Å². The summed E-state index contributed by atoms with van der Waals surface area (Å²) in [5, 5.41) is 11.7. The Morgan fingerprint density at radius 3 is 1.94 bits per heavy atom. The van der Waals surface area contributed by atoms with Crippen LogP contribution in [0.25, 0.3) is 0 Å². The summed E-state index contributed by atoms with van der Waals surface area (Å²) in [6, 6.07) is 0. The van der Waals surface area contributed by atoms with Crippen LogP contribution in [0.1, 0.15) is 70.6 Å². The smallest absolute Gasteiger partial charge is 0.0698 e. The van der Waals surface area contributed by atoms with Gasteiger partial charge in [0, 0.05) is 21.3 Å². The summed E-state index contributed by atoms with van der Waals surface area (Å²) < 4.78 is 12.2. The lowest BCUT2D eigenvalue weighted by atomic mass is 9.73. The number of fused-ring (bicyclic) bond motifs is 2. The summed E-state index contributed by atoms with van der Waals surface area (Å²) in [5.74, 6) is 0.486. The van der Waals surface area contributed by atoms with E-state index in [0.29, 0.717) is 16.4 Å². The average molecular weight is 270 g/mol. The summed E-state index contributed by atoms with van der Waals surface area (Å²) in [6.45, 7) is 0. The summed E-state index contributed by atoms with van der Waals surface area (Å²) >= 11 is 0. The Hall–Kier alpha value is 0.110. The second-order valence-corrected chi connectivity index (χ2v) is 8.69. The van der Waals surface area contributed by atoms with E-state index in [1.165, 1.54) is 44.9 Å². The average Bonchev–Trinajstić information content (AvgIpc) is 2.60. The first kappa shape index (κ1) is 13.1. The molecule has 2 nitrogen and oxygen atoms in total. The van der Waals surface area contributed by atoms with E-state index < -0.39 is 16.4 Å². The van der Waals surface area contributed by atoms with E-state index in [0.717, 1.165) is 25.7 Å². The zero-order valence-corrected chi connectivity index (χ0v) is 12.1. The summed E-state index contributed by atoms with van der Waals surface area (Å²) in [4.78, 5) is 0. The largest absolute Gasteiger partial charge is 0.390 e. The highest BCUT2D eigenvalue weighted by Gasteiger charge is 2.48. The van der Waals surface area contributed by atoms with Gasteiger partial charge in [-0.25, -0.2) is 0 Å². The molecule has 0 aromatic carbocycles. The van der Waals surface area contributed by atoms with Gasteiger partial charge in [0.05, 0.1) is 5.60 Å². The molecule has 3 aliphatic rings. The molecule has 2 bridgehead atoms. The standard InChI is InChI=1S/C15H26O2S/c16-15(12-6-3-1-2-4-7-12)10-13-8-5-9-14(11-15)18(13)17/h12-14,16H,1-11H2. The maximum atomic E-state index is 12.2. The van der Waals surface area contributed by atoms with Crippen molar-refractivity contribution < 1.29 is 9.32 Å². The molecule has 1 N–H and O–H groups in total. The fourth-order valence-electron chi connectivity index (χ4n) is 4.47. The quantitative estimate of drug-likeness (QED) is 0.743. The van der Waals surface area contributed by atoms with Gasteiger partial charge in [-0.2, -0.15) is 0 Å². The van der Waals surface area contributed by atoms with E-state index in [1.54, 1.807) is 0 Å². The Kier molecular flexibility index (Phi) is 3.82. The van der Waals surface area contributed by atoms with Gasteiger partial charge >= 0.3 is 0 Å².